The number of hydrogen-bond acceptors (Lipinski definition) is 0. The van der Waals surface area contributed by atoms with Crippen LogP contribution in [0.1, 0.15) is 19.4 Å². The van der Waals surface area contributed by atoms with Crippen LogP contribution < -0.4 is 0 Å². The zero-order valence-corrected chi connectivity index (χ0v) is 6.60. The topological polar surface area (TPSA) is 19.9 Å². The van der Waals surface area contributed by atoms with E-state index in [1.165, 1.54) is 26.0 Å². The van der Waals surface area contributed by atoms with Crippen molar-refractivity contribution < 1.29 is 9.50 Å². The lowest BCUT2D eigenvalue weighted by Gasteiger charge is -2.14. The molecule has 1 aromatic rings. The van der Waals surface area contributed by atoms with Gasteiger partial charge in [-0.25, -0.2) is 9.50 Å². The molecule has 11 heavy (non-hydrogen) atoms. The van der Waals surface area contributed by atoms with Crippen molar-refractivity contribution in [3.8, 4) is 0 Å². The van der Waals surface area contributed by atoms with Crippen molar-refractivity contribution in [3.63, 3.8) is 0 Å². The molecular formula is C9H10FO. The van der Waals surface area contributed by atoms with Crippen molar-refractivity contribution in [1.29, 1.82) is 0 Å². The molecule has 0 aliphatic rings. The SMILES string of the molecule is CC(C)([O])c1ccccc1F. The smallest absolute Gasteiger partial charge is 0.129 e. The van der Waals surface area contributed by atoms with E-state index in [-0.39, 0.29) is 5.56 Å². The van der Waals surface area contributed by atoms with Crippen LogP contribution in [0.15, 0.2) is 24.3 Å². The van der Waals surface area contributed by atoms with E-state index >= 15 is 0 Å². The van der Waals surface area contributed by atoms with E-state index in [2.05, 4.69) is 0 Å². The third-order valence-electron chi connectivity index (χ3n) is 1.52. The second-order valence-corrected chi connectivity index (χ2v) is 2.99. The zero-order valence-electron chi connectivity index (χ0n) is 6.60. The number of benzene rings is 1. The predicted octanol–water partition coefficient (Wildman–Crippen LogP) is 2.49. The van der Waals surface area contributed by atoms with Gasteiger partial charge in [0.1, 0.15) is 11.4 Å². The van der Waals surface area contributed by atoms with E-state index in [1.807, 2.05) is 0 Å². The maximum absolute atomic E-state index is 12.9. The van der Waals surface area contributed by atoms with Crippen LogP contribution in [0.2, 0.25) is 0 Å². The highest BCUT2D eigenvalue weighted by Crippen LogP contribution is 2.22. The largest absolute Gasteiger partial charge is 0.225 e. The van der Waals surface area contributed by atoms with Crippen LogP contribution in [0.3, 0.4) is 0 Å². The van der Waals surface area contributed by atoms with Crippen molar-refractivity contribution in [2.75, 3.05) is 0 Å². The summed E-state index contributed by atoms with van der Waals surface area (Å²) in [5.74, 6) is -0.424. The minimum Gasteiger partial charge on any atom is -0.225 e. The number of hydrogen-bond donors (Lipinski definition) is 0. The van der Waals surface area contributed by atoms with E-state index < -0.39 is 11.4 Å². The van der Waals surface area contributed by atoms with Gasteiger partial charge in [0, 0.05) is 5.56 Å². The highest BCUT2D eigenvalue weighted by atomic mass is 19.1. The van der Waals surface area contributed by atoms with Gasteiger partial charge < -0.3 is 0 Å². The molecule has 0 unspecified atom stereocenters. The van der Waals surface area contributed by atoms with Gasteiger partial charge in [-0.3, -0.25) is 0 Å². The van der Waals surface area contributed by atoms with Gasteiger partial charge in [0.05, 0.1) is 0 Å². The van der Waals surface area contributed by atoms with Crippen LogP contribution in [0, 0.1) is 5.82 Å². The summed E-state index contributed by atoms with van der Waals surface area (Å²) >= 11 is 0. The number of rotatable bonds is 1. The Balaban J connectivity index is 3.14. The van der Waals surface area contributed by atoms with Gasteiger partial charge in [0.15, 0.2) is 0 Å². The molecule has 0 saturated carbocycles. The first kappa shape index (κ1) is 8.21. The average molecular weight is 153 g/mol. The number of halogens is 1. The lowest BCUT2D eigenvalue weighted by Crippen LogP contribution is -2.15. The molecule has 1 nitrogen and oxygen atoms in total. The molecular weight excluding hydrogens is 143 g/mol. The fraction of sp³-hybridized carbons (Fsp3) is 0.333. The van der Waals surface area contributed by atoms with Crippen molar-refractivity contribution in [1.82, 2.24) is 0 Å². The second kappa shape index (κ2) is 2.62. The summed E-state index contributed by atoms with van der Waals surface area (Å²) in [6.45, 7) is 2.90. The summed E-state index contributed by atoms with van der Waals surface area (Å²) < 4.78 is 12.9. The Labute approximate surface area is 65.5 Å². The highest BCUT2D eigenvalue weighted by molar-refractivity contribution is 5.22. The van der Waals surface area contributed by atoms with Gasteiger partial charge in [-0.05, 0) is 19.9 Å². The van der Waals surface area contributed by atoms with Gasteiger partial charge in [-0.15, -0.1) is 0 Å². The highest BCUT2D eigenvalue weighted by Gasteiger charge is 2.21. The first-order valence-corrected chi connectivity index (χ1v) is 3.47. The van der Waals surface area contributed by atoms with E-state index in [0.29, 0.717) is 0 Å². The molecule has 0 heterocycles. The molecule has 0 aliphatic carbocycles. The molecule has 0 aromatic heterocycles. The lowest BCUT2D eigenvalue weighted by atomic mass is 9.98. The monoisotopic (exact) mass is 153 g/mol. The Hall–Kier alpha value is -0.890. The molecule has 0 N–H and O–H groups in total. The zero-order chi connectivity index (χ0) is 8.48. The standard InChI is InChI=1S/C9H10FO/c1-9(2,11)7-5-3-4-6-8(7)10/h3-6H,1-2H3. The van der Waals surface area contributed by atoms with Crippen molar-refractivity contribution in [2.24, 2.45) is 0 Å². The third-order valence-corrected chi connectivity index (χ3v) is 1.52. The van der Waals surface area contributed by atoms with Crippen LogP contribution in [-0.2, 0) is 10.7 Å². The first-order chi connectivity index (χ1) is 5.02. The molecule has 1 rings (SSSR count). The van der Waals surface area contributed by atoms with Crippen LogP contribution in [0.25, 0.3) is 0 Å². The Morgan fingerprint density at radius 1 is 1.27 bits per heavy atom. The molecule has 1 aromatic carbocycles. The molecule has 0 aliphatic heterocycles. The fourth-order valence-electron chi connectivity index (χ4n) is 0.949. The molecule has 2 heteroatoms. The molecule has 0 fully saturated rings. The molecule has 0 amide bonds. The molecule has 0 spiro atoms. The van der Waals surface area contributed by atoms with E-state index in [9.17, 15) is 9.50 Å². The second-order valence-electron chi connectivity index (χ2n) is 2.99. The van der Waals surface area contributed by atoms with Crippen molar-refractivity contribution in [2.45, 2.75) is 19.4 Å². The Morgan fingerprint density at radius 2 is 1.82 bits per heavy atom. The predicted molar refractivity (Wildman–Crippen MR) is 40.1 cm³/mol. The minimum absolute atomic E-state index is 0.222. The summed E-state index contributed by atoms with van der Waals surface area (Å²) in [5, 5.41) is 11.3. The van der Waals surface area contributed by atoms with Crippen LogP contribution in [0.5, 0.6) is 0 Å². The van der Waals surface area contributed by atoms with Crippen molar-refractivity contribution >= 4 is 0 Å². The van der Waals surface area contributed by atoms with E-state index in [4.69, 9.17) is 0 Å². The summed E-state index contributed by atoms with van der Waals surface area (Å²) in [7, 11) is 0. The van der Waals surface area contributed by atoms with Gasteiger partial charge in [-0.1, -0.05) is 18.2 Å². The Kier molecular flexibility index (Phi) is 1.96. The summed E-state index contributed by atoms with van der Waals surface area (Å²) in [6, 6.07) is 6.06. The van der Waals surface area contributed by atoms with Gasteiger partial charge in [0.25, 0.3) is 0 Å². The Morgan fingerprint density at radius 3 is 2.18 bits per heavy atom. The van der Waals surface area contributed by atoms with Gasteiger partial charge in [0.2, 0.25) is 0 Å². The molecule has 1 radical (unpaired) electrons. The molecule has 0 saturated heterocycles. The summed E-state index contributed by atoms with van der Waals surface area (Å²) in [4.78, 5) is 0. The lowest BCUT2D eigenvalue weighted by molar-refractivity contribution is -0.00304. The molecule has 0 atom stereocenters. The molecule has 0 bridgehead atoms. The van der Waals surface area contributed by atoms with E-state index in [0.717, 1.165) is 0 Å². The summed E-state index contributed by atoms with van der Waals surface area (Å²) in [5.41, 5.74) is -1.12. The van der Waals surface area contributed by atoms with E-state index in [1.54, 1.807) is 12.1 Å². The summed E-state index contributed by atoms with van der Waals surface area (Å²) in [6.07, 6.45) is 0. The average Bonchev–Trinajstić information content (AvgIpc) is 1.86. The van der Waals surface area contributed by atoms with Crippen molar-refractivity contribution in [3.05, 3.63) is 35.6 Å². The quantitative estimate of drug-likeness (QED) is 0.590. The third kappa shape index (κ3) is 1.77. The van der Waals surface area contributed by atoms with Crippen LogP contribution >= 0.6 is 0 Å². The maximum atomic E-state index is 12.9. The molecule has 59 valence electrons. The van der Waals surface area contributed by atoms with Crippen LogP contribution in [-0.4, -0.2) is 0 Å². The van der Waals surface area contributed by atoms with Crippen LogP contribution in [0.4, 0.5) is 4.39 Å². The first-order valence-electron chi connectivity index (χ1n) is 3.47. The fourth-order valence-corrected chi connectivity index (χ4v) is 0.949. The van der Waals surface area contributed by atoms with Gasteiger partial charge >= 0.3 is 0 Å². The normalized spacial score (nSPS) is 11.6. The maximum Gasteiger partial charge on any atom is 0.129 e. The Bertz CT molecular complexity index is 250. The minimum atomic E-state index is -1.34. The van der Waals surface area contributed by atoms with Gasteiger partial charge in [-0.2, -0.15) is 0 Å².